The zero-order valence-electron chi connectivity index (χ0n) is 27.7. The van der Waals surface area contributed by atoms with Gasteiger partial charge < -0.3 is 9.88 Å². The molecule has 0 spiro atoms. The highest BCUT2D eigenvalue weighted by molar-refractivity contribution is 6.04. The Hall–Kier alpha value is -4.84. The van der Waals surface area contributed by atoms with Crippen LogP contribution in [0.15, 0.2) is 133 Å². The molecule has 4 rings (SSSR count). The topological polar surface area (TPSA) is 70.1 Å². The van der Waals surface area contributed by atoms with Crippen LogP contribution in [0.2, 0.25) is 0 Å². The van der Waals surface area contributed by atoms with Crippen molar-refractivity contribution in [2.75, 3.05) is 4.90 Å². The monoisotopic (exact) mass is 600 g/mol. The maximum Gasteiger partial charge on any atom is 0.0958 e. The van der Waals surface area contributed by atoms with E-state index in [4.69, 9.17) is 0 Å². The van der Waals surface area contributed by atoms with Gasteiger partial charge in [-0.2, -0.15) is 0 Å². The van der Waals surface area contributed by atoms with Gasteiger partial charge in [0.25, 0.3) is 0 Å². The molecule has 0 aliphatic rings. The molecule has 0 aliphatic heterocycles. The molecule has 0 saturated carbocycles. The van der Waals surface area contributed by atoms with E-state index in [9.17, 15) is 0 Å². The van der Waals surface area contributed by atoms with Crippen molar-refractivity contribution >= 4 is 33.8 Å². The molecule has 0 fully saturated rings. The van der Waals surface area contributed by atoms with E-state index in [1.165, 1.54) is 5.57 Å². The van der Waals surface area contributed by atoms with Crippen molar-refractivity contribution in [1.82, 2.24) is 19.9 Å². The molecule has 0 aliphatic carbocycles. The third kappa shape index (κ3) is 9.57. The molecule has 0 amide bonds. The van der Waals surface area contributed by atoms with Crippen LogP contribution in [0.25, 0.3) is 21.9 Å². The Balaban J connectivity index is 0.000000344. The van der Waals surface area contributed by atoms with Gasteiger partial charge in [0.1, 0.15) is 0 Å². The van der Waals surface area contributed by atoms with Crippen molar-refractivity contribution in [2.45, 2.75) is 66.5 Å². The van der Waals surface area contributed by atoms with Gasteiger partial charge >= 0.3 is 0 Å². The summed E-state index contributed by atoms with van der Waals surface area (Å²) >= 11 is 0. The third-order valence-electron chi connectivity index (χ3n) is 7.62. The molecule has 0 aromatic carbocycles. The van der Waals surface area contributed by atoms with Crippen LogP contribution in [0.1, 0.15) is 66.0 Å². The number of anilines is 1. The van der Waals surface area contributed by atoms with Crippen LogP contribution in [-0.2, 0) is 0 Å². The van der Waals surface area contributed by atoms with Crippen molar-refractivity contribution in [1.29, 1.82) is 0 Å². The summed E-state index contributed by atoms with van der Waals surface area (Å²) in [6.07, 6.45) is 29.6. The first-order chi connectivity index (χ1) is 21.9. The Kier molecular flexibility index (Phi) is 13.9. The number of fused-ring (bicyclic) bond motifs is 3. The number of aromatic nitrogens is 4. The highest BCUT2D eigenvalue weighted by Crippen LogP contribution is 2.32. The number of H-pyrrole nitrogens is 1. The van der Waals surface area contributed by atoms with Gasteiger partial charge in [0.05, 0.1) is 28.8 Å². The van der Waals surface area contributed by atoms with Crippen molar-refractivity contribution < 1.29 is 0 Å². The Morgan fingerprint density at radius 2 is 1.73 bits per heavy atom. The van der Waals surface area contributed by atoms with Gasteiger partial charge in [0, 0.05) is 53.2 Å². The standard InChI is InChI=1S/C29H41N3.C10H7N3/c1-9-13-14-15-16-23(5)27(12-4)18-17-25(7)32(24(6)11-3)29-19-21-30-22-28(29)26(8)31-20-10-2;1-2-8-10(12-4-1)7-3-5-11-6-9(7)13-8/h9,11,13-24,26H,1,3,10,12H2,2,4-8H3;1-6,13H/b14-13-,16-15-,25-17+,27-18+,31-20?;/t23?,24?,26-;/m1./s1. The minimum Gasteiger partial charge on any atom is -0.352 e. The zero-order valence-corrected chi connectivity index (χ0v) is 27.7. The summed E-state index contributed by atoms with van der Waals surface area (Å²) in [7, 11) is 0. The van der Waals surface area contributed by atoms with E-state index in [0.29, 0.717) is 5.92 Å². The van der Waals surface area contributed by atoms with Crippen LogP contribution in [0.5, 0.6) is 0 Å². The highest BCUT2D eigenvalue weighted by atomic mass is 15.2. The molecular weight excluding hydrogens is 552 g/mol. The number of hydrogen-bond donors (Lipinski definition) is 1. The van der Waals surface area contributed by atoms with Gasteiger partial charge in [-0.25, -0.2) is 0 Å². The first-order valence-electron chi connectivity index (χ1n) is 15.7. The van der Waals surface area contributed by atoms with Crippen LogP contribution < -0.4 is 4.90 Å². The number of nitrogens with one attached hydrogen (secondary N) is 1. The van der Waals surface area contributed by atoms with Crippen LogP contribution >= 0.6 is 0 Å². The average Bonchev–Trinajstić information content (AvgIpc) is 3.45. The number of aliphatic imine (C=N–C) groups is 1. The van der Waals surface area contributed by atoms with E-state index in [1.54, 1.807) is 18.5 Å². The van der Waals surface area contributed by atoms with E-state index in [1.807, 2.05) is 61.2 Å². The predicted molar refractivity (Wildman–Crippen MR) is 195 cm³/mol. The summed E-state index contributed by atoms with van der Waals surface area (Å²) in [5.41, 5.74) is 7.89. The smallest absolute Gasteiger partial charge is 0.0958 e. The van der Waals surface area contributed by atoms with E-state index in [2.05, 4.69) is 115 Å². The molecule has 0 radical (unpaired) electrons. The molecule has 2 unspecified atom stereocenters. The van der Waals surface area contributed by atoms with Gasteiger partial charge in [-0.3, -0.25) is 19.9 Å². The lowest BCUT2D eigenvalue weighted by atomic mass is 9.97. The molecule has 234 valence electrons. The number of aromatic amines is 1. The Bertz CT molecular complexity index is 1640. The molecule has 4 aromatic heterocycles. The Labute approximate surface area is 269 Å². The number of rotatable bonds is 13. The number of hydrogen-bond acceptors (Lipinski definition) is 5. The second-order valence-electron chi connectivity index (χ2n) is 10.8. The summed E-state index contributed by atoms with van der Waals surface area (Å²) in [4.78, 5) is 23.0. The lowest BCUT2D eigenvalue weighted by molar-refractivity contribution is 0.772. The third-order valence-corrected chi connectivity index (χ3v) is 7.62. The van der Waals surface area contributed by atoms with Crippen LogP contribution in [0, 0.1) is 5.92 Å². The molecule has 1 N–H and O–H groups in total. The summed E-state index contributed by atoms with van der Waals surface area (Å²) in [5, 5.41) is 1.13. The first kappa shape index (κ1) is 34.6. The van der Waals surface area contributed by atoms with Gasteiger partial charge in [-0.1, -0.05) is 75.5 Å². The van der Waals surface area contributed by atoms with Crippen molar-refractivity contribution in [3.63, 3.8) is 0 Å². The van der Waals surface area contributed by atoms with Crippen LogP contribution in [0.3, 0.4) is 0 Å². The maximum atomic E-state index is 4.68. The quantitative estimate of drug-likeness (QED) is 0.0941. The summed E-state index contributed by atoms with van der Waals surface area (Å²) in [6.45, 7) is 20.7. The average molecular weight is 601 g/mol. The lowest BCUT2D eigenvalue weighted by Gasteiger charge is -2.32. The second kappa shape index (κ2) is 18.1. The summed E-state index contributed by atoms with van der Waals surface area (Å²) < 4.78 is 0. The molecule has 0 saturated heterocycles. The van der Waals surface area contributed by atoms with Gasteiger partial charge in [0.15, 0.2) is 0 Å². The zero-order chi connectivity index (χ0) is 32.6. The van der Waals surface area contributed by atoms with E-state index in [-0.39, 0.29) is 12.1 Å². The summed E-state index contributed by atoms with van der Waals surface area (Å²) in [6, 6.07) is 8.16. The first-order valence-corrected chi connectivity index (χ1v) is 15.7. The van der Waals surface area contributed by atoms with Gasteiger partial charge in [-0.05, 0) is 76.1 Å². The number of allylic oxidation sites excluding steroid dienone is 9. The molecule has 6 nitrogen and oxygen atoms in total. The van der Waals surface area contributed by atoms with Crippen LogP contribution in [-0.4, -0.2) is 32.2 Å². The number of pyridine rings is 3. The van der Waals surface area contributed by atoms with Crippen LogP contribution in [0.4, 0.5) is 5.69 Å². The Morgan fingerprint density at radius 1 is 0.956 bits per heavy atom. The fraction of sp³-hybridized carbons (Fsp3) is 0.282. The van der Waals surface area contributed by atoms with Crippen molar-refractivity contribution in [2.24, 2.45) is 10.9 Å². The fourth-order valence-corrected chi connectivity index (χ4v) is 5.08. The second-order valence-corrected chi connectivity index (χ2v) is 10.8. The molecule has 4 heterocycles. The van der Waals surface area contributed by atoms with E-state index >= 15 is 0 Å². The van der Waals surface area contributed by atoms with E-state index in [0.717, 1.165) is 51.7 Å². The molecule has 45 heavy (non-hydrogen) atoms. The molecule has 4 aromatic rings. The largest absolute Gasteiger partial charge is 0.352 e. The molecule has 6 heteroatoms. The predicted octanol–water partition coefficient (Wildman–Crippen LogP) is 10.3. The Morgan fingerprint density at radius 3 is 2.47 bits per heavy atom. The minimum atomic E-state index is 0.0430. The fourth-order valence-electron chi connectivity index (χ4n) is 5.08. The SMILES string of the molecule is C=C/C=C\C=C/C(C)/C(=C/C=C(\C)N(c1ccncc1[C@@H](C)N=CCC)C(C)C=C)CC.c1cnc2c(c1)[nH]c1cnccc12. The maximum absolute atomic E-state index is 4.68. The normalized spacial score (nSPS) is 14.5. The van der Waals surface area contributed by atoms with E-state index < -0.39 is 0 Å². The molecule has 3 atom stereocenters. The lowest BCUT2D eigenvalue weighted by Crippen LogP contribution is -2.30. The van der Waals surface area contributed by atoms with Gasteiger partial charge in [-0.15, -0.1) is 6.58 Å². The number of nitrogens with zero attached hydrogens (tertiary/aromatic N) is 5. The molecule has 0 bridgehead atoms. The summed E-state index contributed by atoms with van der Waals surface area (Å²) in [5.74, 6) is 0.365. The van der Waals surface area contributed by atoms with Crippen molar-refractivity contribution in [3.8, 4) is 0 Å². The van der Waals surface area contributed by atoms with Gasteiger partial charge in [0.2, 0.25) is 0 Å². The highest BCUT2D eigenvalue weighted by Gasteiger charge is 2.20. The van der Waals surface area contributed by atoms with Crippen molar-refractivity contribution in [3.05, 3.63) is 134 Å². The minimum absolute atomic E-state index is 0.0430. The molecular formula is C39H48N6.